The van der Waals surface area contributed by atoms with E-state index in [2.05, 4.69) is 46.9 Å². The van der Waals surface area contributed by atoms with Gasteiger partial charge < -0.3 is 19.9 Å². The normalized spacial score (nSPS) is 14.6. The van der Waals surface area contributed by atoms with Crippen LogP contribution in [0.5, 0.6) is 5.75 Å². The number of ether oxygens (including phenoxy) is 1. The van der Waals surface area contributed by atoms with Crippen LogP contribution in [0, 0.1) is 5.41 Å². The first-order valence-corrected chi connectivity index (χ1v) is 13.6. The molecule has 0 aliphatic carbocycles. The van der Waals surface area contributed by atoms with Crippen molar-refractivity contribution in [2.45, 2.75) is 27.2 Å². The number of para-hydroxylation sites is 2. The van der Waals surface area contributed by atoms with Crippen molar-refractivity contribution in [2.75, 3.05) is 58.2 Å². The molecule has 8 heteroatoms. The first-order valence-electron chi connectivity index (χ1n) is 12.8. The Morgan fingerprint density at radius 2 is 1.73 bits per heavy atom. The van der Waals surface area contributed by atoms with Gasteiger partial charge in [-0.25, -0.2) is 4.79 Å². The van der Waals surface area contributed by atoms with Gasteiger partial charge >= 0.3 is 6.03 Å². The van der Waals surface area contributed by atoms with E-state index in [1.54, 1.807) is 7.11 Å². The number of halogens is 1. The number of hydrogen-bond donors (Lipinski definition) is 1. The fourth-order valence-electron chi connectivity index (χ4n) is 4.19. The molecule has 0 radical (unpaired) electrons. The summed E-state index contributed by atoms with van der Waals surface area (Å²) in [7, 11) is 1.66. The molecular weight excluding hydrogens is 532 g/mol. The highest BCUT2D eigenvalue weighted by Crippen LogP contribution is 2.23. The van der Waals surface area contributed by atoms with Crippen molar-refractivity contribution in [1.29, 1.82) is 0 Å². The number of rotatable bonds is 9. The summed E-state index contributed by atoms with van der Waals surface area (Å²) in [6.45, 7) is 11.1. The SMILES string of the molecule is COc1ccccc1C=CCN(CCN1CCN(C(=O)Nc2ccccc2Br)CC1)C(=O)CC(C)(C)C. The predicted molar refractivity (Wildman–Crippen MR) is 154 cm³/mol. The molecule has 1 saturated heterocycles. The van der Waals surface area contributed by atoms with E-state index in [1.807, 2.05) is 70.5 Å². The van der Waals surface area contributed by atoms with Gasteiger partial charge in [0.15, 0.2) is 0 Å². The summed E-state index contributed by atoms with van der Waals surface area (Å²) < 4.78 is 6.30. The number of urea groups is 1. The van der Waals surface area contributed by atoms with Gasteiger partial charge in [0, 0.05) is 62.3 Å². The van der Waals surface area contributed by atoms with E-state index in [0.717, 1.165) is 41.1 Å². The minimum absolute atomic E-state index is 0.0750. The molecule has 2 aromatic carbocycles. The maximum atomic E-state index is 13.1. The molecule has 0 unspecified atom stereocenters. The smallest absolute Gasteiger partial charge is 0.321 e. The number of methoxy groups -OCH3 is 1. The van der Waals surface area contributed by atoms with Gasteiger partial charge in [-0.1, -0.05) is 63.3 Å². The summed E-state index contributed by atoms with van der Waals surface area (Å²) in [5.41, 5.74) is 1.68. The van der Waals surface area contributed by atoms with Crippen molar-refractivity contribution < 1.29 is 14.3 Å². The summed E-state index contributed by atoms with van der Waals surface area (Å²) in [5, 5.41) is 2.98. The van der Waals surface area contributed by atoms with Gasteiger partial charge in [0.25, 0.3) is 0 Å². The van der Waals surface area contributed by atoms with Crippen molar-refractivity contribution in [3.05, 3.63) is 64.6 Å². The van der Waals surface area contributed by atoms with E-state index in [1.165, 1.54) is 0 Å². The molecule has 1 fully saturated rings. The standard InChI is InChI=1S/C29H39BrN4O3/c1-29(2,3)22-27(35)33(15-9-11-23-10-5-8-14-26(23)37-4)19-16-32-17-20-34(21-18-32)28(36)31-25-13-7-6-12-24(25)30/h5-14H,15-22H2,1-4H3,(H,31,36). The van der Waals surface area contributed by atoms with Crippen LogP contribution in [-0.4, -0.2) is 79.6 Å². The number of amides is 3. The Morgan fingerprint density at radius 3 is 2.41 bits per heavy atom. The lowest BCUT2D eigenvalue weighted by atomic mass is 9.91. The highest BCUT2D eigenvalue weighted by molar-refractivity contribution is 9.10. The van der Waals surface area contributed by atoms with Crippen LogP contribution >= 0.6 is 15.9 Å². The van der Waals surface area contributed by atoms with Crippen molar-refractivity contribution in [2.24, 2.45) is 5.41 Å². The van der Waals surface area contributed by atoms with E-state index in [9.17, 15) is 9.59 Å². The molecule has 7 nitrogen and oxygen atoms in total. The van der Waals surface area contributed by atoms with E-state index < -0.39 is 0 Å². The predicted octanol–water partition coefficient (Wildman–Crippen LogP) is 5.59. The Bertz CT molecular complexity index is 1070. The monoisotopic (exact) mass is 570 g/mol. The zero-order valence-electron chi connectivity index (χ0n) is 22.4. The van der Waals surface area contributed by atoms with Crippen molar-refractivity contribution in [1.82, 2.24) is 14.7 Å². The lowest BCUT2D eigenvalue weighted by molar-refractivity contribution is -0.132. The van der Waals surface area contributed by atoms with Crippen LogP contribution in [0.2, 0.25) is 0 Å². The second-order valence-electron chi connectivity index (χ2n) is 10.5. The van der Waals surface area contributed by atoms with Crippen LogP contribution in [0.25, 0.3) is 6.08 Å². The molecule has 0 atom stereocenters. The summed E-state index contributed by atoms with van der Waals surface area (Å²) in [4.78, 5) is 31.9. The number of hydrogen-bond acceptors (Lipinski definition) is 4. The van der Waals surface area contributed by atoms with Crippen molar-refractivity contribution in [3.63, 3.8) is 0 Å². The largest absolute Gasteiger partial charge is 0.496 e. The third-order valence-electron chi connectivity index (χ3n) is 6.26. The van der Waals surface area contributed by atoms with Gasteiger partial charge in [-0.05, 0) is 39.5 Å². The Morgan fingerprint density at radius 1 is 1.05 bits per heavy atom. The summed E-state index contributed by atoms with van der Waals surface area (Å²) in [5.74, 6) is 0.969. The van der Waals surface area contributed by atoms with Crippen LogP contribution in [0.4, 0.5) is 10.5 Å². The lowest BCUT2D eigenvalue weighted by Crippen LogP contribution is -2.51. The highest BCUT2D eigenvalue weighted by Gasteiger charge is 2.24. The van der Waals surface area contributed by atoms with Gasteiger partial charge in [0.1, 0.15) is 5.75 Å². The van der Waals surface area contributed by atoms with Crippen LogP contribution in [-0.2, 0) is 4.79 Å². The third-order valence-corrected chi connectivity index (χ3v) is 6.95. The molecule has 0 spiro atoms. The Hall–Kier alpha value is -2.84. The van der Waals surface area contributed by atoms with Crippen LogP contribution in [0.15, 0.2) is 59.1 Å². The van der Waals surface area contributed by atoms with Crippen molar-refractivity contribution in [3.8, 4) is 5.75 Å². The Kier molecular flexibility index (Phi) is 10.6. The lowest BCUT2D eigenvalue weighted by Gasteiger charge is -2.36. The number of piperazine rings is 1. The summed E-state index contributed by atoms with van der Waals surface area (Å²) >= 11 is 3.48. The average Bonchev–Trinajstić information content (AvgIpc) is 2.87. The Labute approximate surface area is 229 Å². The maximum Gasteiger partial charge on any atom is 0.321 e. The van der Waals surface area contributed by atoms with E-state index in [4.69, 9.17) is 4.74 Å². The fourth-order valence-corrected chi connectivity index (χ4v) is 4.57. The molecule has 2 aromatic rings. The first-order chi connectivity index (χ1) is 17.7. The van der Waals surface area contributed by atoms with Crippen LogP contribution < -0.4 is 10.1 Å². The molecule has 0 saturated carbocycles. The molecule has 3 rings (SSSR count). The highest BCUT2D eigenvalue weighted by atomic mass is 79.9. The maximum absolute atomic E-state index is 13.1. The second-order valence-corrected chi connectivity index (χ2v) is 11.3. The number of carbonyl (C=O) groups is 2. The first kappa shape index (κ1) is 28.7. The fraction of sp³-hybridized carbons (Fsp3) is 0.448. The van der Waals surface area contributed by atoms with E-state index in [-0.39, 0.29) is 17.4 Å². The zero-order valence-corrected chi connectivity index (χ0v) is 24.0. The van der Waals surface area contributed by atoms with Gasteiger partial charge in [-0.15, -0.1) is 0 Å². The minimum atomic E-state index is -0.0880. The minimum Gasteiger partial charge on any atom is -0.496 e. The molecule has 1 heterocycles. The molecule has 1 aliphatic heterocycles. The number of benzene rings is 2. The molecule has 1 aliphatic rings. The third kappa shape index (κ3) is 9.20. The summed E-state index contributed by atoms with van der Waals surface area (Å²) in [6, 6.07) is 15.4. The summed E-state index contributed by atoms with van der Waals surface area (Å²) in [6.07, 6.45) is 4.54. The van der Waals surface area contributed by atoms with Gasteiger partial charge in [-0.2, -0.15) is 0 Å². The molecule has 1 N–H and O–H groups in total. The quantitative estimate of drug-likeness (QED) is 0.427. The van der Waals surface area contributed by atoms with Crippen LogP contribution in [0.3, 0.4) is 0 Å². The number of nitrogens with zero attached hydrogens (tertiary/aromatic N) is 3. The number of nitrogens with one attached hydrogen (secondary N) is 1. The molecule has 0 bridgehead atoms. The van der Waals surface area contributed by atoms with E-state index >= 15 is 0 Å². The van der Waals surface area contributed by atoms with Crippen molar-refractivity contribution >= 4 is 39.6 Å². The average molecular weight is 572 g/mol. The molecule has 37 heavy (non-hydrogen) atoms. The molecule has 3 amide bonds. The van der Waals surface area contributed by atoms with Gasteiger partial charge in [-0.3, -0.25) is 9.69 Å². The topological polar surface area (TPSA) is 65.1 Å². The Balaban J connectivity index is 1.53. The molecular formula is C29H39BrN4O3. The van der Waals surface area contributed by atoms with Crippen LogP contribution in [0.1, 0.15) is 32.8 Å². The molecule has 0 aromatic heterocycles. The molecule has 200 valence electrons. The zero-order chi connectivity index (χ0) is 26.8. The number of anilines is 1. The van der Waals surface area contributed by atoms with Gasteiger partial charge in [0.05, 0.1) is 12.8 Å². The van der Waals surface area contributed by atoms with E-state index in [0.29, 0.717) is 32.6 Å². The number of carbonyl (C=O) groups excluding carboxylic acids is 2. The van der Waals surface area contributed by atoms with Gasteiger partial charge in [0.2, 0.25) is 5.91 Å². The second kappa shape index (κ2) is 13.6.